The number of hydrogen-bond acceptors (Lipinski definition) is 2. The molecule has 0 radical (unpaired) electrons. The van der Waals surface area contributed by atoms with E-state index >= 15 is 0 Å². The Labute approximate surface area is 94.7 Å². The van der Waals surface area contributed by atoms with E-state index in [9.17, 15) is 5.11 Å². The zero-order valence-corrected chi connectivity index (χ0v) is 9.26. The molecule has 0 saturated heterocycles. The Balaban J connectivity index is 2.11. The normalized spacial score (nSPS) is 20.1. The summed E-state index contributed by atoms with van der Waals surface area (Å²) in [5.41, 5.74) is 1.19. The summed E-state index contributed by atoms with van der Waals surface area (Å²) < 4.78 is 2.01. The average molecular weight is 216 g/mol. The SMILES string of the molecule is OC1(c2cnc3ccccn23)CCCCC1. The van der Waals surface area contributed by atoms with E-state index in [0.29, 0.717) is 0 Å². The lowest BCUT2D eigenvalue weighted by Crippen LogP contribution is -2.29. The van der Waals surface area contributed by atoms with Gasteiger partial charge < -0.3 is 9.51 Å². The van der Waals surface area contributed by atoms with Gasteiger partial charge in [0.25, 0.3) is 0 Å². The maximum absolute atomic E-state index is 10.7. The summed E-state index contributed by atoms with van der Waals surface area (Å²) in [7, 11) is 0. The summed E-state index contributed by atoms with van der Waals surface area (Å²) in [6, 6.07) is 5.91. The largest absolute Gasteiger partial charge is 0.384 e. The number of imidazole rings is 1. The van der Waals surface area contributed by atoms with Gasteiger partial charge in [0.15, 0.2) is 0 Å². The molecule has 0 atom stereocenters. The molecule has 16 heavy (non-hydrogen) atoms. The van der Waals surface area contributed by atoms with Crippen LogP contribution in [0.2, 0.25) is 0 Å². The van der Waals surface area contributed by atoms with Gasteiger partial charge in [-0.15, -0.1) is 0 Å². The van der Waals surface area contributed by atoms with Gasteiger partial charge in [-0.25, -0.2) is 4.98 Å². The highest BCUT2D eigenvalue weighted by Gasteiger charge is 2.33. The summed E-state index contributed by atoms with van der Waals surface area (Å²) in [5, 5.41) is 10.7. The second-order valence-corrected chi connectivity index (χ2v) is 4.66. The molecular formula is C13H16N2O. The van der Waals surface area contributed by atoms with Crippen LogP contribution in [0.15, 0.2) is 30.6 Å². The minimum absolute atomic E-state index is 0.668. The predicted octanol–water partition coefficient (Wildman–Crippen LogP) is 2.49. The first kappa shape index (κ1) is 9.85. The van der Waals surface area contributed by atoms with E-state index in [4.69, 9.17) is 0 Å². The van der Waals surface area contributed by atoms with Crippen LogP contribution in [0.3, 0.4) is 0 Å². The Morgan fingerprint density at radius 2 is 2.00 bits per heavy atom. The lowest BCUT2D eigenvalue weighted by molar-refractivity contribution is -0.00536. The van der Waals surface area contributed by atoms with Crippen molar-refractivity contribution in [3.8, 4) is 0 Å². The van der Waals surface area contributed by atoms with Crippen molar-refractivity contribution in [1.29, 1.82) is 0 Å². The van der Waals surface area contributed by atoms with Crippen molar-refractivity contribution in [1.82, 2.24) is 9.38 Å². The summed E-state index contributed by atoms with van der Waals surface area (Å²) in [6.07, 6.45) is 8.96. The van der Waals surface area contributed by atoms with Crippen molar-refractivity contribution in [2.45, 2.75) is 37.7 Å². The summed E-state index contributed by atoms with van der Waals surface area (Å²) in [4.78, 5) is 4.34. The maximum atomic E-state index is 10.7. The molecule has 0 unspecified atom stereocenters. The van der Waals surface area contributed by atoms with Crippen LogP contribution in [0.5, 0.6) is 0 Å². The second-order valence-electron chi connectivity index (χ2n) is 4.66. The summed E-state index contributed by atoms with van der Waals surface area (Å²) in [5.74, 6) is 0. The Hall–Kier alpha value is -1.35. The van der Waals surface area contributed by atoms with E-state index < -0.39 is 5.60 Å². The lowest BCUT2D eigenvalue weighted by Gasteiger charge is -2.31. The number of aromatic nitrogens is 2. The Morgan fingerprint density at radius 3 is 2.81 bits per heavy atom. The summed E-state index contributed by atoms with van der Waals surface area (Å²) >= 11 is 0. The van der Waals surface area contributed by atoms with Gasteiger partial charge in [0.1, 0.15) is 11.2 Å². The fourth-order valence-corrected chi connectivity index (χ4v) is 2.67. The molecular weight excluding hydrogens is 200 g/mol. The third-order valence-electron chi connectivity index (χ3n) is 3.57. The number of pyridine rings is 1. The van der Waals surface area contributed by atoms with Crippen molar-refractivity contribution in [2.75, 3.05) is 0 Å². The molecule has 1 N–H and O–H groups in total. The minimum atomic E-state index is -0.668. The van der Waals surface area contributed by atoms with Gasteiger partial charge in [-0.05, 0) is 25.0 Å². The van der Waals surface area contributed by atoms with E-state index in [-0.39, 0.29) is 0 Å². The van der Waals surface area contributed by atoms with Crippen LogP contribution in [0.1, 0.15) is 37.8 Å². The highest BCUT2D eigenvalue weighted by Crippen LogP contribution is 2.36. The number of rotatable bonds is 1. The molecule has 0 aliphatic heterocycles. The van der Waals surface area contributed by atoms with Crippen LogP contribution < -0.4 is 0 Å². The van der Waals surface area contributed by atoms with E-state index in [1.54, 1.807) is 0 Å². The first-order valence-corrected chi connectivity index (χ1v) is 5.95. The third-order valence-corrected chi connectivity index (χ3v) is 3.57. The van der Waals surface area contributed by atoms with Crippen molar-refractivity contribution in [2.24, 2.45) is 0 Å². The number of nitrogens with zero attached hydrogens (tertiary/aromatic N) is 2. The first-order valence-electron chi connectivity index (χ1n) is 5.95. The third kappa shape index (κ3) is 1.43. The van der Waals surface area contributed by atoms with E-state index in [0.717, 1.165) is 37.0 Å². The van der Waals surface area contributed by atoms with Gasteiger partial charge in [-0.1, -0.05) is 25.3 Å². The van der Waals surface area contributed by atoms with Crippen LogP contribution in [0, 0.1) is 0 Å². The van der Waals surface area contributed by atoms with Crippen LogP contribution in [-0.4, -0.2) is 14.5 Å². The molecule has 0 amide bonds. The fraction of sp³-hybridized carbons (Fsp3) is 0.462. The molecule has 3 rings (SSSR count). The van der Waals surface area contributed by atoms with E-state index in [1.807, 2.05) is 35.0 Å². The maximum Gasteiger partial charge on any atom is 0.136 e. The van der Waals surface area contributed by atoms with Crippen LogP contribution in [0.25, 0.3) is 5.65 Å². The fourth-order valence-electron chi connectivity index (χ4n) is 2.67. The molecule has 3 heteroatoms. The zero-order chi connectivity index (χ0) is 11.0. The first-order chi connectivity index (χ1) is 7.80. The monoisotopic (exact) mass is 216 g/mol. The van der Waals surface area contributed by atoms with Gasteiger partial charge in [-0.3, -0.25) is 0 Å². The van der Waals surface area contributed by atoms with Gasteiger partial charge in [0.2, 0.25) is 0 Å². The molecule has 84 valence electrons. The molecule has 0 spiro atoms. The van der Waals surface area contributed by atoms with Crippen molar-refractivity contribution in [3.63, 3.8) is 0 Å². The van der Waals surface area contributed by atoms with Gasteiger partial charge in [-0.2, -0.15) is 0 Å². The molecule has 0 aromatic carbocycles. The van der Waals surface area contributed by atoms with Crippen LogP contribution >= 0.6 is 0 Å². The van der Waals surface area contributed by atoms with Crippen LogP contribution in [-0.2, 0) is 5.60 Å². The molecule has 1 saturated carbocycles. The molecule has 1 fully saturated rings. The van der Waals surface area contributed by atoms with Gasteiger partial charge in [0.05, 0.1) is 11.9 Å². The molecule has 2 aromatic rings. The predicted molar refractivity (Wildman–Crippen MR) is 62.2 cm³/mol. The van der Waals surface area contributed by atoms with E-state index in [2.05, 4.69) is 4.98 Å². The summed E-state index contributed by atoms with van der Waals surface area (Å²) in [6.45, 7) is 0. The zero-order valence-electron chi connectivity index (χ0n) is 9.26. The highest BCUT2D eigenvalue weighted by atomic mass is 16.3. The van der Waals surface area contributed by atoms with Crippen molar-refractivity contribution in [3.05, 3.63) is 36.3 Å². The smallest absolute Gasteiger partial charge is 0.136 e. The van der Waals surface area contributed by atoms with Crippen molar-refractivity contribution >= 4 is 5.65 Å². The Morgan fingerprint density at radius 1 is 1.19 bits per heavy atom. The number of aliphatic hydroxyl groups is 1. The number of fused-ring (bicyclic) bond motifs is 1. The number of hydrogen-bond donors (Lipinski definition) is 1. The molecule has 2 aromatic heterocycles. The lowest BCUT2D eigenvalue weighted by atomic mass is 9.83. The van der Waals surface area contributed by atoms with Crippen molar-refractivity contribution < 1.29 is 5.11 Å². The van der Waals surface area contributed by atoms with E-state index in [1.165, 1.54) is 6.42 Å². The van der Waals surface area contributed by atoms with Crippen LogP contribution in [0.4, 0.5) is 0 Å². The minimum Gasteiger partial charge on any atom is -0.384 e. The molecule has 1 aliphatic carbocycles. The van der Waals surface area contributed by atoms with Gasteiger partial charge in [0, 0.05) is 6.20 Å². The Kier molecular flexibility index (Phi) is 2.21. The van der Waals surface area contributed by atoms with Gasteiger partial charge >= 0.3 is 0 Å². The molecule has 1 aliphatic rings. The molecule has 3 nitrogen and oxygen atoms in total. The quantitative estimate of drug-likeness (QED) is 0.795. The molecule has 2 heterocycles. The standard InChI is InChI=1S/C13H16N2O/c16-13(7-3-1-4-8-13)11-10-14-12-6-2-5-9-15(11)12/h2,5-6,9-10,16H,1,3-4,7-8H2. The average Bonchev–Trinajstić information content (AvgIpc) is 2.74. The topological polar surface area (TPSA) is 37.5 Å². The molecule has 0 bridgehead atoms. The second kappa shape index (κ2) is 3.59. The Bertz CT molecular complexity index is 497. The highest BCUT2D eigenvalue weighted by molar-refractivity contribution is 5.41.